The van der Waals surface area contributed by atoms with Crippen LogP contribution in [-0.4, -0.2) is 39.7 Å². The molecule has 1 aromatic rings. The number of amides is 1. The molecule has 1 rings (SSSR count). The molecule has 0 saturated carbocycles. The number of likely N-dealkylation sites (N-methyl/N-ethyl adjacent to an activating group) is 1. The van der Waals surface area contributed by atoms with E-state index in [1.807, 2.05) is 20.9 Å². The van der Waals surface area contributed by atoms with Crippen LogP contribution in [0.15, 0.2) is 0 Å². The highest BCUT2D eigenvalue weighted by Crippen LogP contribution is 2.18. The lowest BCUT2D eigenvalue weighted by molar-refractivity contribution is -0.118. The van der Waals surface area contributed by atoms with Crippen LogP contribution in [0.5, 0.6) is 0 Å². The lowest BCUT2D eigenvalue weighted by Gasteiger charge is -2.30. The van der Waals surface area contributed by atoms with E-state index in [2.05, 4.69) is 43.0 Å². The number of nitrogens with zero attached hydrogens (tertiary/aromatic N) is 3. The van der Waals surface area contributed by atoms with Gasteiger partial charge in [0.15, 0.2) is 0 Å². The van der Waals surface area contributed by atoms with E-state index >= 15 is 0 Å². The Hall–Kier alpha value is -1.36. The van der Waals surface area contributed by atoms with Crippen LogP contribution < -0.4 is 5.32 Å². The molecular formula is C15H28N4O. The largest absolute Gasteiger partial charge is 0.322 e. The van der Waals surface area contributed by atoms with Crippen LogP contribution in [0.1, 0.15) is 39.1 Å². The summed E-state index contributed by atoms with van der Waals surface area (Å²) in [6.07, 6.45) is 0. The van der Waals surface area contributed by atoms with Crippen LogP contribution in [0.4, 0.5) is 5.69 Å². The summed E-state index contributed by atoms with van der Waals surface area (Å²) in [5.74, 6) is 0.558. The summed E-state index contributed by atoms with van der Waals surface area (Å²) >= 11 is 0. The van der Waals surface area contributed by atoms with Crippen LogP contribution in [0.3, 0.4) is 0 Å². The molecule has 0 radical (unpaired) electrons. The first-order valence-electron chi connectivity index (χ1n) is 7.32. The molecule has 0 aliphatic rings. The number of aromatic nitrogens is 2. The Morgan fingerprint density at radius 2 is 1.95 bits per heavy atom. The fourth-order valence-corrected chi connectivity index (χ4v) is 2.28. The molecule has 5 nitrogen and oxygen atoms in total. The molecule has 0 spiro atoms. The van der Waals surface area contributed by atoms with Gasteiger partial charge < -0.3 is 5.32 Å². The quantitative estimate of drug-likeness (QED) is 0.870. The molecule has 114 valence electrons. The van der Waals surface area contributed by atoms with Crippen molar-refractivity contribution in [1.29, 1.82) is 0 Å². The molecule has 0 aromatic carbocycles. The predicted octanol–water partition coefficient (Wildman–Crippen LogP) is 2.34. The summed E-state index contributed by atoms with van der Waals surface area (Å²) in [5.41, 5.74) is 2.68. The van der Waals surface area contributed by atoms with Crippen LogP contribution in [0, 0.1) is 19.8 Å². The van der Waals surface area contributed by atoms with Crippen molar-refractivity contribution in [3.8, 4) is 0 Å². The zero-order chi connectivity index (χ0) is 15.4. The van der Waals surface area contributed by atoms with Crippen molar-refractivity contribution in [2.75, 3.05) is 18.4 Å². The Bertz CT molecular complexity index is 465. The van der Waals surface area contributed by atoms with Crippen molar-refractivity contribution in [3.05, 3.63) is 11.4 Å². The molecule has 0 aliphatic heterocycles. The Morgan fingerprint density at radius 1 is 1.35 bits per heavy atom. The second kappa shape index (κ2) is 6.88. The number of hydrogen-bond donors (Lipinski definition) is 1. The molecule has 1 heterocycles. The number of aryl methyl sites for hydroxylation is 2. The Morgan fingerprint density at radius 3 is 2.35 bits per heavy atom. The van der Waals surface area contributed by atoms with Gasteiger partial charge in [-0.25, -0.2) is 0 Å². The third-order valence-electron chi connectivity index (χ3n) is 4.07. The first-order chi connectivity index (χ1) is 9.27. The van der Waals surface area contributed by atoms with Gasteiger partial charge in [0.05, 0.1) is 23.6 Å². The highest BCUT2D eigenvalue weighted by Gasteiger charge is 2.19. The molecule has 1 N–H and O–H groups in total. The fraction of sp³-hybridized carbons (Fsp3) is 0.733. The monoisotopic (exact) mass is 280 g/mol. The Labute approximate surface area is 122 Å². The van der Waals surface area contributed by atoms with Gasteiger partial charge in [-0.1, -0.05) is 20.8 Å². The predicted molar refractivity (Wildman–Crippen MR) is 82.9 cm³/mol. The average Bonchev–Trinajstić information content (AvgIpc) is 2.61. The van der Waals surface area contributed by atoms with E-state index in [1.165, 1.54) is 0 Å². The van der Waals surface area contributed by atoms with Crippen molar-refractivity contribution < 1.29 is 4.79 Å². The summed E-state index contributed by atoms with van der Waals surface area (Å²) < 4.78 is 1.79. The van der Waals surface area contributed by atoms with Crippen molar-refractivity contribution >= 4 is 11.6 Å². The first-order valence-corrected chi connectivity index (χ1v) is 7.32. The zero-order valence-corrected chi connectivity index (χ0v) is 13.8. The zero-order valence-electron chi connectivity index (χ0n) is 13.8. The van der Waals surface area contributed by atoms with Crippen molar-refractivity contribution in [2.45, 2.75) is 47.6 Å². The van der Waals surface area contributed by atoms with Gasteiger partial charge in [-0.2, -0.15) is 5.10 Å². The van der Waals surface area contributed by atoms with Gasteiger partial charge in [-0.05, 0) is 33.2 Å². The molecule has 1 atom stereocenters. The minimum Gasteiger partial charge on any atom is -0.322 e. The Balaban J connectivity index is 2.71. The smallest absolute Gasteiger partial charge is 0.238 e. The molecule has 0 aliphatic carbocycles. The number of anilines is 1. The van der Waals surface area contributed by atoms with Gasteiger partial charge in [0.25, 0.3) is 0 Å². The van der Waals surface area contributed by atoms with Crippen molar-refractivity contribution in [1.82, 2.24) is 14.7 Å². The number of nitrogens with one attached hydrogen (secondary N) is 1. The SMILES string of the molecule is CCN(CC(=O)Nc1c(C)nn(C)c1C)C(C)C(C)C. The van der Waals surface area contributed by atoms with E-state index in [-0.39, 0.29) is 5.91 Å². The molecule has 1 amide bonds. The molecule has 0 bridgehead atoms. The topological polar surface area (TPSA) is 50.2 Å². The van der Waals surface area contributed by atoms with Gasteiger partial charge in [0.1, 0.15) is 0 Å². The summed E-state index contributed by atoms with van der Waals surface area (Å²) in [5, 5.41) is 7.31. The molecule has 5 heteroatoms. The normalized spacial score (nSPS) is 13.1. The lowest BCUT2D eigenvalue weighted by Crippen LogP contribution is -2.41. The Kier molecular flexibility index (Phi) is 5.74. The van der Waals surface area contributed by atoms with Gasteiger partial charge in [-0.3, -0.25) is 14.4 Å². The summed E-state index contributed by atoms with van der Waals surface area (Å²) in [6.45, 7) is 13.8. The van der Waals surface area contributed by atoms with E-state index in [0.717, 1.165) is 23.6 Å². The molecule has 1 unspecified atom stereocenters. The maximum Gasteiger partial charge on any atom is 0.238 e. The third-order valence-corrected chi connectivity index (χ3v) is 4.07. The molecular weight excluding hydrogens is 252 g/mol. The maximum absolute atomic E-state index is 12.2. The second-order valence-corrected chi connectivity index (χ2v) is 5.77. The van der Waals surface area contributed by atoms with Gasteiger partial charge in [-0.15, -0.1) is 0 Å². The maximum atomic E-state index is 12.2. The molecule has 20 heavy (non-hydrogen) atoms. The molecule has 0 fully saturated rings. The van der Waals surface area contributed by atoms with E-state index < -0.39 is 0 Å². The molecule has 0 saturated heterocycles. The van der Waals surface area contributed by atoms with Crippen LogP contribution in [-0.2, 0) is 11.8 Å². The van der Waals surface area contributed by atoms with Gasteiger partial charge >= 0.3 is 0 Å². The van der Waals surface area contributed by atoms with Gasteiger partial charge in [0, 0.05) is 13.1 Å². The highest BCUT2D eigenvalue weighted by atomic mass is 16.2. The average molecular weight is 280 g/mol. The summed E-state index contributed by atoms with van der Waals surface area (Å²) in [6, 6.07) is 0.391. The van der Waals surface area contributed by atoms with Crippen LogP contribution >= 0.6 is 0 Å². The first kappa shape index (κ1) is 16.7. The van der Waals surface area contributed by atoms with Crippen LogP contribution in [0.25, 0.3) is 0 Å². The minimum atomic E-state index is 0.0264. The highest BCUT2D eigenvalue weighted by molar-refractivity contribution is 5.93. The minimum absolute atomic E-state index is 0.0264. The van der Waals surface area contributed by atoms with Crippen molar-refractivity contribution in [3.63, 3.8) is 0 Å². The van der Waals surface area contributed by atoms with E-state index in [0.29, 0.717) is 18.5 Å². The summed E-state index contributed by atoms with van der Waals surface area (Å²) in [4.78, 5) is 14.4. The summed E-state index contributed by atoms with van der Waals surface area (Å²) in [7, 11) is 1.89. The third kappa shape index (κ3) is 3.82. The molecule has 1 aromatic heterocycles. The standard InChI is InChI=1S/C15H28N4O/c1-8-19(12(5)10(2)3)9-14(20)16-15-11(4)17-18(7)13(15)6/h10,12H,8-9H2,1-7H3,(H,16,20). The van der Waals surface area contributed by atoms with Gasteiger partial charge in [0.2, 0.25) is 5.91 Å². The van der Waals surface area contributed by atoms with E-state index in [1.54, 1.807) is 4.68 Å². The number of carbonyl (C=O) groups is 1. The van der Waals surface area contributed by atoms with E-state index in [4.69, 9.17) is 0 Å². The number of rotatable bonds is 6. The van der Waals surface area contributed by atoms with Crippen molar-refractivity contribution in [2.24, 2.45) is 13.0 Å². The van der Waals surface area contributed by atoms with E-state index in [9.17, 15) is 4.79 Å². The number of carbonyl (C=O) groups excluding carboxylic acids is 1. The second-order valence-electron chi connectivity index (χ2n) is 5.77. The lowest BCUT2D eigenvalue weighted by atomic mass is 10.0. The van der Waals surface area contributed by atoms with Crippen LogP contribution in [0.2, 0.25) is 0 Å². The fourth-order valence-electron chi connectivity index (χ4n) is 2.28. The number of hydrogen-bond acceptors (Lipinski definition) is 3.